The Bertz CT molecular complexity index is 639. The van der Waals surface area contributed by atoms with E-state index in [1.807, 2.05) is 12.1 Å². The zero-order chi connectivity index (χ0) is 13.9. The molecule has 1 atom stereocenters. The highest BCUT2D eigenvalue weighted by Gasteiger charge is 2.18. The molecule has 1 heterocycles. The molecule has 0 N–H and O–H groups in total. The highest BCUT2D eigenvalue weighted by molar-refractivity contribution is 5.63. The van der Waals surface area contributed by atoms with Gasteiger partial charge in [0.15, 0.2) is 11.5 Å². The lowest BCUT2D eigenvalue weighted by molar-refractivity contribution is -0.109. The van der Waals surface area contributed by atoms with Crippen LogP contribution in [-0.4, -0.2) is 13.1 Å². The van der Waals surface area contributed by atoms with Crippen molar-refractivity contribution >= 4 is 6.29 Å². The summed E-state index contributed by atoms with van der Waals surface area (Å²) in [6.45, 7) is 0.212. The standard InChI is InChI=1S/C16H13FO3/c17-14-4-2-1-3-13(14)12(9-18)7-11-5-6-15-16(8-11)20-10-19-15/h1-6,8-9,12H,7,10H2. The zero-order valence-electron chi connectivity index (χ0n) is 10.7. The average molecular weight is 272 g/mol. The van der Waals surface area contributed by atoms with Gasteiger partial charge in [-0.1, -0.05) is 24.3 Å². The minimum absolute atomic E-state index is 0.212. The van der Waals surface area contributed by atoms with Crippen LogP contribution in [-0.2, 0) is 11.2 Å². The van der Waals surface area contributed by atoms with Crippen molar-refractivity contribution in [1.29, 1.82) is 0 Å². The summed E-state index contributed by atoms with van der Waals surface area (Å²) >= 11 is 0. The summed E-state index contributed by atoms with van der Waals surface area (Å²) in [7, 11) is 0. The fraction of sp³-hybridized carbons (Fsp3) is 0.188. The minimum Gasteiger partial charge on any atom is -0.454 e. The maximum absolute atomic E-state index is 13.7. The van der Waals surface area contributed by atoms with Crippen molar-refractivity contribution in [2.45, 2.75) is 12.3 Å². The van der Waals surface area contributed by atoms with Crippen LogP contribution in [0.1, 0.15) is 17.0 Å². The Morgan fingerprint density at radius 2 is 1.95 bits per heavy atom. The summed E-state index contributed by atoms with van der Waals surface area (Å²) < 4.78 is 24.3. The van der Waals surface area contributed by atoms with E-state index in [2.05, 4.69) is 0 Å². The zero-order valence-corrected chi connectivity index (χ0v) is 10.7. The van der Waals surface area contributed by atoms with Crippen molar-refractivity contribution in [2.75, 3.05) is 6.79 Å². The molecule has 3 rings (SSSR count). The lowest BCUT2D eigenvalue weighted by atomic mass is 9.93. The second-order valence-corrected chi connectivity index (χ2v) is 4.66. The van der Waals surface area contributed by atoms with Gasteiger partial charge in [-0.3, -0.25) is 0 Å². The van der Waals surface area contributed by atoms with Crippen LogP contribution in [0.4, 0.5) is 4.39 Å². The predicted octanol–water partition coefficient (Wildman–Crippen LogP) is 3.08. The maximum Gasteiger partial charge on any atom is 0.231 e. The Hall–Kier alpha value is -2.36. The molecule has 3 nitrogen and oxygen atoms in total. The van der Waals surface area contributed by atoms with Gasteiger partial charge < -0.3 is 14.3 Å². The van der Waals surface area contributed by atoms with Crippen molar-refractivity contribution in [3.8, 4) is 11.5 Å². The van der Waals surface area contributed by atoms with Crippen LogP contribution in [0.3, 0.4) is 0 Å². The van der Waals surface area contributed by atoms with Gasteiger partial charge in [0.25, 0.3) is 0 Å². The number of aldehydes is 1. The molecule has 1 unspecified atom stereocenters. The summed E-state index contributed by atoms with van der Waals surface area (Å²) in [6, 6.07) is 11.9. The maximum atomic E-state index is 13.7. The Labute approximate surface area is 115 Å². The van der Waals surface area contributed by atoms with Gasteiger partial charge in [0, 0.05) is 5.92 Å². The van der Waals surface area contributed by atoms with E-state index in [4.69, 9.17) is 9.47 Å². The van der Waals surface area contributed by atoms with Gasteiger partial charge in [-0.05, 0) is 35.7 Å². The van der Waals surface area contributed by atoms with E-state index in [1.165, 1.54) is 6.07 Å². The number of fused-ring (bicyclic) bond motifs is 1. The number of benzene rings is 2. The molecule has 0 aromatic heterocycles. The van der Waals surface area contributed by atoms with Gasteiger partial charge in [0.1, 0.15) is 12.1 Å². The summed E-state index contributed by atoms with van der Waals surface area (Å²) in [4.78, 5) is 11.3. The second-order valence-electron chi connectivity index (χ2n) is 4.66. The smallest absolute Gasteiger partial charge is 0.231 e. The SMILES string of the molecule is O=CC(Cc1ccc2c(c1)OCO2)c1ccccc1F. The van der Waals surface area contributed by atoms with Crippen molar-refractivity contribution in [1.82, 2.24) is 0 Å². The third-order valence-corrected chi connectivity index (χ3v) is 3.36. The van der Waals surface area contributed by atoms with E-state index in [0.717, 1.165) is 11.8 Å². The van der Waals surface area contributed by atoms with E-state index in [9.17, 15) is 9.18 Å². The molecule has 2 aromatic rings. The van der Waals surface area contributed by atoms with E-state index < -0.39 is 5.92 Å². The molecule has 0 aliphatic carbocycles. The predicted molar refractivity (Wildman–Crippen MR) is 71.5 cm³/mol. The second kappa shape index (κ2) is 5.33. The van der Waals surface area contributed by atoms with Crippen LogP contribution >= 0.6 is 0 Å². The molecule has 2 aromatic carbocycles. The number of carbonyl (C=O) groups is 1. The van der Waals surface area contributed by atoms with E-state index in [0.29, 0.717) is 23.5 Å². The lowest BCUT2D eigenvalue weighted by Gasteiger charge is -2.12. The van der Waals surface area contributed by atoms with Crippen LogP contribution in [0.25, 0.3) is 0 Å². The number of hydrogen-bond donors (Lipinski definition) is 0. The fourth-order valence-corrected chi connectivity index (χ4v) is 2.33. The Balaban J connectivity index is 1.85. The Morgan fingerprint density at radius 3 is 2.75 bits per heavy atom. The molecule has 0 fully saturated rings. The summed E-state index contributed by atoms with van der Waals surface area (Å²) in [6.07, 6.45) is 1.21. The highest BCUT2D eigenvalue weighted by Crippen LogP contribution is 2.34. The monoisotopic (exact) mass is 272 g/mol. The first-order chi connectivity index (χ1) is 9.78. The largest absolute Gasteiger partial charge is 0.454 e. The van der Waals surface area contributed by atoms with E-state index >= 15 is 0 Å². The molecule has 20 heavy (non-hydrogen) atoms. The van der Waals surface area contributed by atoms with E-state index in [-0.39, 0.29) is 12.6 Å². The summed E-state index contributed by atoms with van der Waals surface area (Å²) in [5.41, 5.74) is 1.33. The average Bonchev–Trinajstić information content (AvgIpc) is 2.93. The van der Waals surface area contributed by atoms with Gasteiger partial charge in [0.2, 0.25) is 6.79 Å². The third-order valence-electron chi connectivity index (χ3n) is 3.36. The number of rotatable bonds is 4. The molecule has 1 aliphatic rings. The highest BCUT2D eigenvalue weighted by atomic mass is 19.1. The Morgan fingerprint density at radius 1 is 1.15 bits per heavy atom. The Kier molecular flexibility index (Phi) is 3.37. The van der Waals surface area contributed by atoms with Crippen molar-refractivity contribution < 1.29 is 18.7 Å². The van der Waals surface area contributed by atoms with E-state index in [1.54, 1.807) is 24.3 Å². The van der Waals surface area contributed by atoms with Crippen molar-refractivity contribution in [2.24, 2.45) is 0 Å². The molecule has 0 saturated heterocycles. The normalized spacial score (nSPS) is 14.1. The third kappa shape index (κ3) is 2.37. The molecule has 0 radical (unpaired) electrons. The van der Waals surface area contributed by atoms with Crippen molar-refractivity contribution in [3.63, 3.8) is 0 Å². The molecule has 102 valence electrons. The number of ether oxygens (including phenoxy) is 2. The summed E-state index contributed by atoms with van der Waals surface area (Å²) in [5, 5.41) is 0. The van der Waals surface area contributed by atoms with Crippen LogP contribution in [0.15, 0.2) is 42.5 Å². The molecular weight excluding hydrogens is 259 g/mol. The van der Waals surface area contributed by atoms with Gasteiger partial charge in [-0.15, -0.1) is 0 Å². The molecule has 0 amide bonds. The molecule has 4 heteroatoms. The molecule has 1 aliphatic heterocycles. The minimum atomic E-state index is -0.503. The number of carbonyl (C=O) groups excluding carboxylic acids is 1. The quantitative estimate of drug-likeness (QED) is 0.802. The van der Waals surface area contributed by atoms with Crippen molar-refractivity contribution in [3.05, 3.63) is 59.4 Å². The first-order valence-electron chi connectivity index (χ1n) is 6.36. The summed E-state index contributed by atoms with van der Waals surface area (Å²) in [5.74, 6) is 0.505. The molecule has 0 bridgehead atoms. The molecule has 0 saturated carbocycles. The number of hydrogen-bond acceptors (Lipinski definition) is 3. The van der Waals surface area contributed by atoms with Crippen LogP contribution in [0.5, 0.6) is 11.5 Å². The molecule has 0 spiro atoms. The van der Waals surface area contributed by atoms with Crippen LogP contribution in [0.2, 0.25) is 0 Å². The van der Waals surface area contributed by atoms with Gasteiger partial charge in [-0.2, -0.15) is 0 Å². The first-order valence-corrected chi connectivity index (χ1v) is 6.36. The topological polar surface area (TPSA) is 35.5 Å². The first kappa shape index (κ1) is 12.7. The lowest BCUT2D eigenvalue weighted by Crippen LogP contribution is -2.06. The molecular formula is C16H13FO3. The van der Waals surface area contributed by atoms with Crippen LogP contribution in [0, 0.1) is 5.82 Å². The van der Waals surface area contributed by atoms with Gasteiger partial charge >= 0.3 is 0 Å². The van der Waals surface area contributed by atoms with Gasteiger partial charge in [0.05, 0.1) is 0 Å². The van der Waals surface area contributed by atoms with Crippen LogP contribution < -0.4 is 9.47 Å². The number of halogens is 1. The fourth-order valence-electron chi connectivity index (χ4n) is 2.33. The van der Waals surface area contributed by atoms with Gasteiger partial charge in [-0.25, -0.2) is 4.39 Å².